The third kappa shape index (κ3) is 0.975. The summed E-state index contributed by atoms with van der Waals surface area (Å²) >= 11 is 0. The van der Waals surface area contributed by atoms with Crippen LogP contribution in [-0.4, -0.2) is 10.1 Å². The Labute approximate surface area is 70.2 Å². The van der Waals surface area contributed by atoms with E-state index >= 15 is 0 Å². The molecule has 1 heterocycles. The number of fused-ring (bicyclic) bond motifs is 1. The van der Waals surface area contributed by atoms with Gasteiger partial charge < -0.3 is 10.1 Å². The lowest BCUT2D eigenvalue weighted by Crippen LogP contribution is -1.66. The fraction of sp³-hybridized carbons (Fsp3) is 0. The molecule has 0 fully saturated rings. The van der Waals surface area contributed by atoms with Crippen molar-refractivity contribution < 1.29 is 5.11 Å². The van der Waals surface area contributed by atoms with Crippen LogP contribution in [0.15, 0.2) is 36.7 Å². The highest BCUT2D eigenvalue weighted by molar-refractivity contribution is 5.88. The molecule has 2 N–H and O–H groups in total. The van der Waals surface area contributed by atoms with Crippen LogP contribution in [0.4, 0.5) is 0 Å². The number of aliphatic hydroxyl groups is 1. The van der Waals surface area contributed by atoms with Gasteiger partial charge in [0.2, 0.25) is 0 Å². The number of H-pyrrole nitrogens is 1. The minimum atomic E-state index is 1.01. The highest BCUT2D eigenvalue weighted by atomic mass is 16.2. The second kappa shape index (κ2) is 2.74. The van der Waals surface area contributed by atoms with E-state index in [2.05, 4.69) is 4.98 Å². The van der Waals surface area contributed by atoms with E-state index in [0.29, 0.717) is 0 Å². The minimum Gasteiger partial charge on any atom is -0.516 e. The van der Waals surface area contributed by atoms with E-state index in [-0.39, 0.29) is 0 Å². The first-order chi connectivity index (χ1) is 5.92. The van der Waals surface area contributed by atoms with Crippen molar-refractivity contribution >= 4 is 17.0 Å². The number of hydrogen-bond donors (Lipinski definition) is 2. The fourth-order valence-corrected chi connectivity index (χ4v) is 1.31. The number of aromatic nitrogens is 1. The van der Waals surface area contributed by atoms with Crippen molar-refractivity contribution in [3.63, 3.8) is 0 Å². The minimum absolute atomic E-state index is 1.01. The van der Waals surface area contributed by atoms with Crippen molar-refractivity contribution in [3.05, 3.63) is 42.3 Å². The van der Waals surface area contributed by atoms with Gasteiger partial charge in [-0.05, 0) is 12.1 Å². The zero-order chi connectivity index (χ0) is 8.39. The third-order valence-corrected chi connectivity index (χ3v) is 1.88. The summed E-state index contributed by atoms with van der Waals surface area (Å²) in [5.74, 6) is 0. The van der Waals surface area contributed by atoms with E-state index in [9.17, 15) is 0 Å². The van der Waals surface area contributed by atoms with Gasteiger partial charge in [0.15, 0.2) is 0 Å². The van der Waals surface area contributed by atoms with E-state index in [1.807, 2.05) is 30.5 Å². The van der Waals surface area contributed by atoms with Gasteiger partial charge in [0.05, 0.1) is 6.26 Å². The highest BCUT2D eigenvalue weighted by Crippen LogP contribution is 2.18. The molecule has 0 saturated carbocycles. The Balaban J connectivity index is 2.70. The van der Waals surface area contributed by atoms with Gasteiger partial charge in [-0.3, -0.25) is 0 Å². The van der Waals surface area contributed by atoms with E-state index in [1.54, 1.807) is 6.08 Å². The maximum atomic E-state index is 8.60. The van der Waals surface area contributed by atoms with Crippen molar-refractivity contribution in [2.75, 3.05) is 0 Å². The largest absolute Gasteiger partial charge is 0.516 e. The molecule has 0 aliphatic heterocycles. The van der Waals surface area contributed by atoms with Crippen LogP contribution in [0.2, 0.25) is 0 Å². The third-order valence-electron chi connectivity index (χ3n) is 1.88. The number of rotatable bonds is 1. The quantitative estimate of drug-likeness (QED) is 0.616. The summed E-state index contributed by atoms with van der Waals surface area (Å²) in [6.07, 6.45) is 4.59. The summed E-state index contributed by atoms with van der Waals surface area (Å²) in [5.41, 5.74) is 2.10. The Morgan fingerprint density at radius 2 is 2.08 bits per heavy atom. The molecule has 0 unspecified atom stereocenters. The van der Waals surface area contributed by atoms with Gasteiger partial charge in [0, 0.05) is 22.7 Å². The van der Waals surface area contributed by atoms with Crippen molar-refractivity contribution in [1.29, 1.82) is 0 Å². The summed E-state index contributed by atoms with van der Waals surface area (Å²) in [7, 11) is 0. The molecule has 2 aromatic rings. The molecule has 0 atom stereocenters. The molecule has 2 nitrogen and oxygen atoms in total. The predicted octanol–water partition coefficient (Wildman–Crippen LogP) is 2.70. The van der Waals surface area contributed by atoms with Crippen molar-refractivity contribution in [1.82, 2.24) is 4.98 Å². The zero-order valence-electron chi connectivity index (χ0n) is 6.49. The average molecular weight is 159 g/mol. The number of benzene rings is 1. The number of aliphatic hydroxyl groups excluding tert-OH is 1. The molecule has 1 aromatic carbocycles. The molecule has 0 amide bonds. The second-order valence-corrected chi connectivity index (χ2v) is 2.61. The zero-order valence-corrected chi connectivity index (χ0v) is 6.49. The summed E-state index contributed by atoms with van der Waals surface area (Å²) in [6, 6.07) is 7.97. The van der Waals surface area contributed by atoms with Crippen LogP contribution >= 0.6 is 0 Å². The average Bonchev–Trinajstić information content (AvgIpc) is 2.50. The van der Waals surface area contributed by atoms with E-state index in [1.165, 1.54) is 0 Å². The Bertz CT molecular complexity index is 414. The Morgan fingerprint density at radius 1 is 1.25 bits per heavy atom. The van der Waals surface area contributed by atoms with E-state index in [0.717, 1.165) is 22.7 Å². The Morgan fingerprint density at radius 3 is 2.92 bits per heavy atom. The molecule has 0 bridgehead atoms. The van der Waals surface area contributed by atoms with Crippen LogP contribution < -0.4 is 0 Å². The van der Waals surface area contributed by atoms with E-state index in [4.69, 9.17) is 5.11 Å². The number of nitrogens with one attached hydrogen (secondary N) is 1. The SMILES string of the molecule is OC=Cc1c[nH]c2ccccc12. The Kier molecular flexibility index (Phi) is 1.59. The molecule has 2 heteroatoms. The summed E-state index contributed by atoms with van der Waals surface area (Å²) in [6.45, 7) is 0. The van der Waals surface area contributed by atoms with Crippen LogP contribution in [0.1, 0.15) is 5.56 Å². The van der Waals surface area contributed by atoms with Gasteiger partial charge in [-0.1, -0.05) is 18.2 Å². The maximum Gasteiger partial charge on any atom is 0.0798 e. The van der Waals surface area contributed by atoms with Crippen LogP contribution in [0, 0.1) is 0 Å². The number of para-hydroxylation sites is 1. The predicted molar refractivity (Wildman–Crippen MR) is 50.0 cm³/mol. The lowest BCUT2D eigenvalue weighted by atomic mass is 10.2. The topological polar surface area (TPSA) is 36.0 Å². The normalized spacial score (nSPS) is 11.3. The summed E-state index contributed by atoms with van der Waals surface area (Å²) in [4.78, 5) is 3.11. The van der Waals surface area contributed by atoms with Gasteiger partial charge in [-0.15, -0.1) is 0 Å². The Hall–Kier alpha value is -1.70. The molecule has 60 valence electrons. The van der Waals surface area contributed by atoms with Gasteiger partial charge in [-0.25, -0.2) is 0 Å². The number of hydrogen-bond acceptors (Lipinski definition) is 1. The standard InChI is InChI=1S/C10H9NO/c12-6-5-8-7-11-10-4-2-1-3-9(8)10/h1-7,11-12H. The van der Waals surface area contributed by atoms with Crippen LogP contribution in [0.5, 0.6) is 0 Å². The fourth-order valence-electron chi connectivity index (χ4n) is 1.31. The second-order valence-electron chi connectivity index (χ2n) is 2.61. The van der Waals surface area contributed by atoms with Crippen LogP contribution in [0.3, 0.4) is 0 Å². The number of aromatic amines is 1. The van der Waals surface area contributed by atoms with Gasteiger partial charge in [-0.2, -0.15) is 0 Å². The van der Waals surface area contributed by atoms with Gasteiger partial charge in [0.1, 0.15) is 0 Å². The summed E-state index contributed by atoms with van der Waals surface area (Å²) < 4.78 is 0. The van der Waals surface area contributed by atoms with Crippen LogP contribution in [0.25, 0.3) is 17.0 Å². The molecular weight excluding hydrogens is 150 g/mol. The van der Waals surface area contributed by atoms with E-state index < -0.39 is 0 Å². The molecule has 1 aromatic heterocycles. The molecule has 0 spiro atoms. The molecule has 12 heavy (non-hydrogen) atoms. The molecule has 2 rings (SSSR count). The maximum absolute atomic E-state index is 8.60. The lowest BCUT2D eigenvalue weighted by Gasteiger charge is -1.88. The molecule has 0 aliphatic carbocycles. The van der Waals surface area contributed by atoms with Crippen LogP contribution in [-0.2, 0) is 0 Å². The molecular formula is C10H9NO. The van der Waals surface area contributed by atoms with Gasteiger partial charge >= 0.3 is 0 Å². The van der Waals surface area contributed by atoms with Crippen molar-refractivity contribution in [2.45, 2.75) is 0 Å². The van der Waals surface area contributed by atoms with Gasteiger partial charge in [0.25, 0.3) is 0 Å². The first-order valence-electron chi connectivity index (χ1n) is 3.78. The first kappa shape index (κ1) is 6.98. The summed E-state index contributed by atoms with van der Waals surface area (Å²) in [5, 5.41) is 9.73. The molecule has 0 aliphatic rings. The monoisotopic (exact) mass is 159 g/mol. The highest BCUT2D eigenvalue weighted by Gasteiger charge is 1.97. The lowest BCUT2D eigenvalue weighted by molar-refractivity contribution is 0.478. The smallest absolute Gasteiger partial charge is 0.0798 e. The van der Waals surface area contributed by atoms with Crippen molar-refractivity contribution in [3.8, 4) is 0 Å². The first-order valence-corrected chi connectivity index (χ1v) is 3.78. The van der Waals surface area contributed by atoms with Crippen molar-refractivity contribution in [2.24, 2.45) is 0 Å². The molecule has 0 saturated heterocycles. The molecule has 0 radical (unpaired) electrons.